The summed E-state index contributed by atoms with van der Waals surface area (Å²) in [6.45, 7) is 0.770. The monoisotopic (exact) mass is 336 g/mol. The van der Waals surface area contributed by atoms with Crippen molar-refractivity contribution in [2.24, 2.45) is 0 Å². The molecule has 0 aromatic carbocycles. The molecule has 0 saturated carbocycles. The number of halogens is 1. The van der Waals surface area contributed by atoms with Gasteiger partial charge in [-0.15, -0.1) is 11.3 Å². The van der Waals surface area contributed by atoms with Crippen LogP contribution in [0.1, 0.15) is 35.7 Å². The largest absolute Gasteiger partial charge is 0.480 e. The molecule has 2 atom stereocenters. The molecular weight excluding hydrogens is 320 g/mol. The summed E-state index contributed by atoms with van der Waals surface area (Å²) in [7, 11) is 0. The summed E-state index contributed by atoms with van der Waals surface area (Å²) in [4.78, 5) is 19.0. The van der Waals surface area contributed by atoms with Crippen molar-refractivity contribution in [2.75, 3.05) is 6.54 Å². The number of rotatable bonds is 4. The lowest BCUT2D eigenvalue weighted by Gasteiger charge is -2.38. The molecule has 0 aliphatic carbocycles. The van der Waals surface area contributed by atoms with Crippen molar-refractivity contribution >= 4 is 28.9 Å². The Kier molecular flexibility index (Phi) is 4.76. The predicted molar refractivity (Wildman–Crippen MR) is 87.4 cm³/mol. The standard InChI is InChI=1S/C16H17ClN2O2S/c17-14-7-6-13(22-14)15(11-4-3-8-18-10-11)19-9-2-1-5-12(19)16(20)21/h3-4,6-8,10,12,15H,1-2,5,9H2,(H,20,21). The molecule has 116 valence electrons. The number of thiophene rings is 1. The Morgan fingerprint density at radius 1 is 1.41 bits per heavy atom. The van der Waals surface area contributed by atoms with Gasteiger partial charge in [-0.05, 0) is 43.1 Å². The Morgan fingerprint density at radius 2 is 2.27 bits per heavy atom. The number of pyridine rings is 1. The van der Waals surface area contributed by atoms with Crippen molar-refractivity contribution in [3.63, 3.8) is 0 Å². The van der Waals surface area contributed by atoms with Crippen LogP contribution in [0.3, 0.4) is 0 Å². The lowest BCUT2D eigenvalue weighted by Crippen LogP contribution is -2.46. The number of nitrogens with zero attached hydrogens (tertiary/aromatic N) is 2. The highest BCUT2D eigenvalue weighted by Gasteiger charge is 2.35. The molecule has 2 aromatic heterocycles. The highest BCUT2D eigenvalue weighted by atomic mass is 35.5. The van der Waals surface area contributed by atoms with Crippen molar-refractivity contribution in [1.29, 1.82) is 0 Å². The third kappa shape index (κ3) is 3.16. The molecule has 3 heterocycles. The van der Waals surface area contributed by atoms with Gasteiger partial charge in [0.1, 0.15) is 6.04 Å². The number of carbonyl (C=O) groups is 1. The van der Waals surface area contributed by atoms with Crippen LogP contribution in [0.15, 0.2) is 36.7 Å². The van der Waals surface area contributed by atoms with Crippen LogP contribution in [0.4, 0.5) is 0 Å². The van der Waals surface area contributed by atoms with Gasteiger partial charge in [0.25, 0.3) is 0 Å². The molecule has 3 rings (SSSR count). The number of hydrogen-bond acceptors (Lipinski definition) is 4. The number of hydrogen-bond donors (Lipinski definition) is 1. The Balaban J connectivity index is 2.02. The maximum atomic E-state index is 11.7. The second-order valence-electron chi connectivity index (χ2n) is 5.42. The van der Waals surface area contributed by atoms with E-state index in [0.717, 1.165) is 29.8 Å². The fourth-order valence-electron chi connectivity index (χ4n) is 3.06. The molecule has 4 nitrogen and oxygen atoms in total. The first-order valence-electron chi connectivity index (χ1n) is 7.30. The molecule has 2 unspecified atom stereocenters. The van der Waals surface area contributed by atoms with Gasteiger partial charge in [-0.3, -0.25) is 14.7 Å². The van der Waals surface area contributed by atoms with Crippen molar-refractivity contribution in [1.82, 2.24) is 9.88 Å². The van der Waals surface area contributed by atoms with Crippen LogP contribution in [0, 0.1) is 0 Å². The maximum Gasteiger partial charge on any atom is 0.320 e. The van der Waals surface area contributed by atoms with Gasteiger partial charge in [-0.2, -0.15) is 0 Å². The lowest BCUT2D eigenvalue weighted by atomic mass is 9.96. The molecule has 6 heteroatoms. The zero-order valence-corrected chi connectivity index (χ0v) is 13.6. The highest BCUT2D eigenvalue weighted by Crippen LogP contribution is 2.38. The van der Waals surface area contributed by atoms with Crippen LogP contribution in [0.2, 0.25) is 4.34 Å². The fraction of sp³-hybridized carbons (Fsp3) is 0.375. The van der Waals surface area contributed by atoms with Crippen molar-refractivity contribution < 1.29 is 9.90 Å². The third-order valence-electron chi connectivity index (χ3n) is 4.02. The summed E-state index contributed by atoms with van der Waals surface area (Å²) < 4.78 is 0.716. The number of aliphatic carboxylic acids is 1. The van der Waals surface area contributed by atoms with Crippen LogP contribution in [-0.4, -0.2) is 33.5 Å². The fourth-order valence-corrected chi connectivity index (χ4v) is 4.27. The molecule has 1 fully saturated rings. The topological polar surface area (TPSA) is 53.4 Å². The van der Waals surface area contributed by atoms with E-state index in [0.29, 0.717) is 10.8 Å². The molecule has 1 aliphatic heterocycles. The van der Waals surface area contributed by atoms with Crippen LogP contribution in [-0.2, 0) is 4.79 Å². The summed E-state index contributed by atoms with van der Waals surface area (Å²) in [5, 5.41) is 9.58. The van der Waals surface area contributed by atoms with Crippen LogP contribution < -0.4 is 0 Å². The lowest BCUT2D eigenvalue weighted by molar-refractivity contribution is -0.145. The number of likely N-dealkylation sites (tertiary alicyclic amines) is 1. The van der Waals surface area contributed by atoms with E-state index in [4.69, 9.17) is 11.6 Å². The number of piperidine rings is 1. The van der Waals surface area contributed by atoms with Gasteiger partial charge in [-0.1, -0.05) is 24.1 Å². The summed E-state index contributed by atoms with van der Waals surface area (Å²) >= 11 is 7.60. The van der Waals surface area contributed by atoms with Crippen LogP contribution >= 0.6 is 22.9 Å². The molecule has 1 N–H and O–H groups in total. The third-order valence-corrected chi connectivity index (χ3v) is 5.31. The summed E-state index contributed by atoms with van der Waals surface area (Å²) in [5.41, 5.74) is 1.01. The molecule has 22 heavy (non-hydrogen) atoms. The normalized spacial score (nSPS) is 20.7. The van der Waals surface area contributed by atoms with Crippen molar-refractivity contribution in [3.05, 3.63) is 51.4 Å². The van der Waals surface area contributed by atoms with Gasteiger partial charge < -0.3 is 5.11 Å². The highest BCUT2D eigenvalue weighted by molar-refractivity contribution is 7.16. The minimum Gasteiger partial charge on any atom is -0.480 e. The SMILES string of the molecule is O=C(O)C1CCCCN1C(c1cccnc1)c1ccc(Cl)s1. The second-order valence-corrected chi connectivity index (χ2v) is 7.17. The first-order chi connectivity index (χ1) is 10.7. The van der Waals surface area contributed by atoms with E-state index in [9.17, 15) is 9.90 Å². The van der Waals surface area contributed by atoms with E-state index in [1.807, 2.05) is 30.5 Å². The van der Waals surface area contributed by atoms with E-state index < -0.39 is 12.0 Å². The zero-order valence-electron chi connectivity index (χ0n) is 12.0. The molecule has 0 spiro atoms. The van der Waals surface area contributed by atoms with Crippen molar-refractivity contribution in [3.8, 4) is 0 Å². The van der Waals surface area contributed by atoms with E-state index in [-0.39, 0.29) is 6.04 Å². The number of carboxylic acid groups (broad SMARTS) is 1. The maximum absolute atomic E-state index is 11.7. The van der Waals surface area contributed by atoms with E-state index in [1.54, 1.807) is 6.20 Å². The number of aromatic nitrogens is 1. The van der Waals surface area contributed by atoms with E-state index in [2.05, 4.69) is 9.88 Å². The smallest absolute Gasteiger partial charge is 0.320 e. The van der Waals surface area contributed by atoms with Gasteiger partial charge >= 0.3 is 5.97 Å². The van der Waals surface area contributed by atoms with Gasteiger partial charge in [0.05, 0.1) is 10.4 Å². The molecular formula is C16H17ClN2O2S. The Labute approximate surface area is 138 Å². The van der Waals surface area contributed by atoms with E-state index in [1.165, 1.54) is 11.3 Å². The average molecular weight is 337 g/mol. The molecule has 0 bridgehead atoms. The van der Waals surface area contributed by atoms with Crippen LogP contribution in [0.5, 0.6) is 0 Å². The predicted octanol–water partition coefficient (Wildman–Crippen LogP) is 3.83. The summed E-state index contributed by atoms with van der Waals surface area (Å²) in [6, 6.07) is 7.17. The van der Waals surface area contributed by atoms with Crippen LogP contribution in [0.25, 0.3) is 0 Å². The molecule has 0 radical (unpaired) electrons. The summed E-state index contributed by atoms with van der Waals surface area (Å²) in [6.07, 6.45) is 6.20. The summed E-state index contributed by atoms with van der Waals surface area (Å²) in [5.74, 6) is -0.753. The van der Waals surface area contributed by atoms with Gasteiger partial charge in [-0.25, -0.2) is 0 Å². The van der Waals surface area contributed by atoms with Gasteiger partial charge in [0, 0.05) is 17.3 Å². The molecule has 0 amide bonds. The first-order valence-corrected chi connectivity index (χ1v) is 8.50. The van der Waals surface area contributed by atoms with Gasteiger partial charge in [0.15, 0.2) is 0 Å². The zero-order chi connectivity index (χ0) is 15.5. The van der Waals surface area contributed by atoms with Crippen molar-refractivity contribution in [2.45, 2.75) is 31.3 Å². The Bertz CT molecular complexity index is 647. The average Bonchev–Trinajstić information content (AvgIpc) is 2.95. The Morgan fingerprint density at radius 3 is 2.91 bits per heavy atom. The van der Waals surface area contributed by atoms with Gasteiger partial charge in [0.2, 0.25) is 0 Å². The Hall–Kier alpha value is -1.43. The first kappa shape index (κ1) is 15.5. The minimum absolute atomic E-state index is 0.104. The minimum atomic E-state index is -0.753. The molecule has 2 aromatic rings. The quantitative estimate of drug-likeness (QED) is 0.922. The number of carboxylic acids is 1. The molecule has 1 saturated heterocycles. The molecule has 1 aliphatic rings. The second kappa shape index (κ2) is 6.77. The van der Waals surface area contributed by atoms with E-state index >= 15 is 0 Å².